The molecule has 454 valence electrons. The summed E-state index contributed by atoms with van der Waals surface area (Å²) < 4.78 is 36.0. The number of amides is 5. The highest BCUT2D eigenvalue weighted by Gasteiger charge is 2.36. The number of fused-ring (bicyclic) bond motifs is 1. The predicted molar refractivity (Wildman–Crippen MR) is 309 cm³/mol. The molecule has 1 fully saturated rings. The van der Waals surface area contributed by atoms with Gasteiger partial charge < -0.3 is 53.9 Å². The van der Waals surface area contributed by atoms with Gasteiger partial charge >= 0.3 is 24.0 Å². The third-order valence-corrected chi connectivity index (χ3v) is 12.7. The number of ether oxygens (including phenoxy) is 5. The molecule has 23 heteroatoms. The molecule has 2 aromatic carbocycles. The van der Waals surface area contributed by atoms with Crippen LogP contribution in [0.2, 0.25) is 0 Å². The van der Waals surface area contributed by atoms with Crippen molar-refractivity contribution in [2.24, 2.45) is 0 Å². The Bertz CT molecular complexity index is 3050. The number of nitrogens with zero attached hydrogens (tertiary/aromatic N) is 6. The second kappa shape index (κ2) is 29.4. The molecular weight excluding hydrogens is 1080 g/mol. The van der Waals surface area contributed by atoms with E-state index in [0.29, 0.717) is 74.2 Å². The lowest BCUT2D eigenvalue weighted by Crippen LogP contribution is -2.58. The molecule has 0 radical (unpaired) electrons. The minimum atomic E-state index is -1.77. The van der Waals surface area contributed by atoms with E-state index in [2.05, 4.69) is 20.9 Å². The molecule has 3 aromatic heterocycles. The summed E-state index contributed by atoms with van der Waals surface area (Å²) in [6, 6.07) is 18.0. The fourth-order valence-corrected chi connectivity index (χ4v) is 9.05. The van der Waals surface area contributed by atoms with Crippen molar-refractivity contribution < 1.29 is 66.5 Å². The molecule has 6 rings (SSSR count). The minimum Gasteiger partial charge on any atom is -0.469 e. The van der Waals surface area contributed by atoms with E-state index in [4.69, 9.17) is 38.1 Å². The fraction of sp³-hybridized carbons (Fsp3) is 0.508. The van der Waals surface area contributed by atoms with Crippen LogP contribution in [0.15, 0.2) is 89.7 Å². The highest BCUT2D eigenvalue weighted by molar-refractivity contribution is 5.98. The van der Waals surface area contributed by atoms with Crippen LogP contribution < -0.4 is 20.7 Å². The Balaban J connectivity index is 1.31. The van der Waals surface area contributed by atoms with Gasteiger partial charge in [0.05, 0.1) is 56.5 Å². The predicted octanol–water partition coefficient (Wildman–Crippen LogP) is 5.82. The van der Waals surface area contributed by atoms with Gasteiger partial charge in [-0.2, -0.15) is 0 Å². The van der Waals surface area contributed by atoms with Gasteiger partial charge in [-0.15, -0.1) is 0 Å². The number of hydrogen-bond acceptors (Lipinski definition) is 17. The molecule has 3 unspecified atom stereocenters. The maximum atomic E-state index is 15.0. The van der Waals surface area contributed by atoms with Crippen molar-refractivity contribution in [2.45, 2.75) is 143 Å². The number of morpholine rings is 1. The normalized spacial score (nSPS) is 14.1. The molecule has 1 aliphatic heterocycles. The number of aromatic nitrogens is 3. The largest absolute Gasteiger partial charge is 0.469 e. The van der Waals surface area contributed by atoms with Crippen molar-refractivity contribution in [3.05, 3.63) is 108 Å². The first-order valence-corrected chi connectivity index (χ1v) is 28.2. The molecule has 23 nitrogen and oxygen atoms in total. The van der Waals surface area contributed by atoms with Crippen LogP contribution >= 0.6 is 0 Å². The first-order chi connectivity index (χ1) is 39.6. The zero-order valence-electron chi connectivity index (χ0n) is 50.1. The van der Waals surface area contributed by atoms with Crippen LogP contribution in [-0.2, 0) is 65.4 Å². The van der Waals surface area contributed by atoms with Crippen molar-refractivity contribution >= 4 is 53.3 Å². The van der Waals surface area contributed by atoms with Crippen molar-refractivity contribution in [3.63, 3.8) is 0 Å². The highest BCUT2D eigenvalue weighted by Crippen LogP contribution is 2.30. The summed E-state index contributed by atoms with van der Waals surface area (Å²) in [7, 11) is 1.43. The molecule has 5 aromatic rings. The van der Waals surface area contributed by atoms with Crippen LogP contribution in [0.3, 0.4) is 0 Å². The van der Waals surface area contributed by atoms with E-state index in [1.807, 2.05) is 60.7 Å². The summed E-state index contributed by atoms with van der Waals surface area (Å²) >= 11 is 0. The Morgan fingerprint density at radius 3 is 1.74 bits per heavy atom. The van der Waals surface area contributed by atoms with Crippen LogP contribution in [0.5, 0.6) is 5.88 Å². The van der Waals surface area contributed by atoms with E-state index in [0.717, 1.165) is 18.1 Å². The fourth-order valence-electron chi connectivity index (χ4n) is 9.05. The summed E-state index contributed by atoms with van der Waals surface area (Å²) in [5, 5.41) is 7.38. The number of rotatable bonds is 25. The van der Waals surface area contributed by atoms with Gasteiger partial charge in [-0.05, 0) is 86.4 Å². The Hall–Kier alpha value is -8.18. The third kappa shape index (κ3) is 20.9. The van der Waals surface area contributed by atoms with E-state index in [1.54, 1.807) is 91.3 Å². The number of nitrogens with one attached hydrogen (secondary N) is 3. The van der Waals surface area contributed by atoms with Crippen molar-refractivity contribution in [1.29, 1.82) is 0 Å². The second-order valence-corrected chi connectivity index (χ2v) is 23.6. The minimum absolute atomic E-state index is 0.100. The van der Waals surface area contributed by atoms with Crippen LogP contribution in [0.1, 0.15) is 118 Å². The van der Waals surface area contributed by atoms with E-state index in [1.165, 1.54) is 16.8 Å². The lowest BCUT2D eigenvalue weighted by atomic mass is 10.1. The number of esters is 3. The Morgan fingerprint density at radius 1 is 0.643 bits per heavy atom. The Morgan fingerprint density at radius 2 is 1.19 bits per heavy atom. The zero-order chi connectivity index (χ0) is 61.4. The molecule has 0 aliphatic carbocycles. The summed E-state index contributed by atoms with van der Waals surface area (Å²) in [5.41, 5.74) is 0.930. The molecule has 0 saturated carbocycles. The van der Waals surface area contributed by atoms with E-state index >= 15 is 0 Å². The van der Waals surface area contributed by atoms with Gasteiger partial charge in [-0.1, -0.05) is 60.7 Å². The van der Waals surface area contributed by atoms with Crippen LogP contribution in [-0.4, -0.2) is 171 Å². The molecule has 4 heterocycles. The van der Waals surface area contributed by atoms with Gasteiger partial charge in [0, 0.05) is 71.4 Å². The number of likely N-dealkylation sites (N-methyl/N-ethyl adjacent to an activating group) is 1. The van der Waals surface area contributed by atoms with Crippen LogP contribution in [0.25, 0.3) is 16.9 Å². The molecule has 0 bridgehead atoms. The van der Waals surface area contributed by atoms with Gasteiger partial charge in [0.15, 0.2) is 5.65 Å². The number of carbonyl (C=O) groups excluding carboxylic acids is 8. The summed E-state index contributed by atoms with van der Waals surface area (Å²) in [6.45, 7) is 18.8. The van der Waals surface area contributed by atoms with Crippen LogP contribution in [0, 0.1) is 0 Å². The average Bonchev–Trinajstić information content (AvgIpc) is 3.77. The quantitative estimate of drug-likeness (QED) is 0.0459. The molecule has 1 aliphatic rings. The van der Waals surface area contributed by atoms with Gasteiger partial charge in [-0.25, -0.2) is 14.8 Å². The standard InChI is InChI=1S/C61H81N9O14/c1-40(71)62-45(36-50(72)82-59(2,3)4)54(75)65-46(37-51(73)83-60(5,6)7)55(76)66-47(38-52(74)84-61(8,9)10)56(77)67(11)27-28-69(26-19-25-68-29-32-79-33-30-68)58(78)81-57-48(35-43-24-18-31-80-43)64-53-44(34-41-20-14-12-15-21-41)63-49(39-70(53)57)42-22-16-13-17-23-42/h12-18,20-24,31,39,45-47H,19,25-30,32-38H2,1-11H3,(H,62,71)(H,65,75)(H,66,76). The lowest BCUT2D eigenvalue weighted by molar-refractivity contribution is -0.159. The smallest absolute Gasteiger partial charge is 0.416 e. The van der Waals surface area contributed by atoms with E-state index < -0.39 is 102 Å². The zero-order valence-corrected chi connectivity index (χ0v) is 50.1. The monoisotopic (exact) mass is 1160 g/mol. The third-order valence-electron chi connectivity index (χ3n) is 12.7. The van der Waals surface area contributed by atoms with Gasteiger partial charge in [0.1, 0.15) is 46.4 Å². The topological polar surface area (TPSA) is 272 Å². The highest BCUT2D eigenvalue weighted by atomic mass is 16.6. The molecule has 0 spiro atoms. The lowest BCUT2D eigenvalue weighted by Gasteiger charge is -2.30. The number of carbonyl (C=O) groups is 8. The number of furan rings is 1. The molecule has 84 heavy (non-hydrogen) atoms. The van der Waals surface area contributed by atoms with E-state index in [-0.39, 0.29) is 31.9 Å². The first-order valence-electron chi connectivity index (χ1n) is 28.2. The van der Waals surface area contributed by atoms with E-state index in [9.17, 15) is 38.4 Å². The molecule has 3 N–H and O–H groups in total. The molecule has 3 atom stereocenters. The van der Waals surface area contributed by atoms with Crippen LogP contribution in [0.4, 0.5) is 4.79 Å². The molecule has 5 amide bonds. The summed E-state index contributed by atoms with van der Waals surface area (Å²) in [6.07, 6.45) is 1.54. The Labute approximate surface area is 490 Å². The number of hydrogen-bond donors (Lipinski definition) is 3. The van der Waals surface area contributed by atoms with Gasteiger partial charge in [0.2, 0.25) is 29.5 Å². The number of benzene rings is 2. The summed E-state index contributed by atoms with van der Waals surface area (Å²) in [5.74, 6) is -5.54. The van der Waals surface area contributed by atoms with Crippen molar-refractivity contribution in [3.8, 4) is 17.1 Å². The van der Waals surface area contributed by atoms with Gasteiger partial charge in [-0.3, -0.25) is 42.9 Å². The second-order valence-electron chi connectivity index (χ2n) is 23.6. The van der Waals surface area contributed by atoms with Crippen molar-refractivity contribution in [1.82, 2.24) is 45.0 Å². The van der Waals surface area contributed by atoms with Crippen molar-refractivity contribution in [2.75, 3.05) is 59.5 Å². The summed E-state index contributed by atoms with van der Waals surface area (Å²) in [4.78, 5) is 125. The SMILES string of the molecule is CC(=O)NC(CC(=O)OC(C)(C)C)C(=O)NC(CC(=O)OC(C)(C)C)C(=O)NC(CC(=O)OC(C)(C)C)C(=O)N(C)CCN(CCCN1CCOCC1)C(=O)Oc1c(Cc2ccco2)nc2c(Cc3ccccc3)nc(-c3ccccc3)cn12. The average molecular weight is 1160 g/mol. The Kier molecular flexibility index (Phi) is 22.7. The van der Waals surface area contributed by atoms with Gasteiger partial charge in [0.25, 0.3) is 0 Å². The molecule has 1 saturated heterocycles. The molecular formula is C61H81N9O14. The maximum absolute atomic E-state index is 15.0. The number of imidazole rings is 1. The maximum Gasteiger partial charge on any atom is 0.416 e. The first kappa shape index (κ1) is 65.0.